The maximum atomic E-state index is 13.0. The Bertz CT molecular complexity index is 1230. The molecule has 0 spiro atoms. The average molecular weight is 399 g/mol. The van der Waals surface area contributed by atoms with Crippen LogP contribution < -0.4 is 5.56 Å². The summed E-state index contributed by atoms with van der Waals surface area (Å²) in [6.45, 7) is 0.184. The van der Waals surface area contributed by atoms with Gasteiger partial charge in [0.1, 0.15) is 5.65 Å². The van der Waals surface area contributed by atoms with Crippen LogP contribution >= 0.6 is 0 Å². The van der Waals surface area contributed by atoms with Crippen LogP contribution in [0.15, 0.2) is 58.4 Å². The van der Waals surface area contributed by atoms with Crippen molar-refractivity contribution in [1.29, 1.82) is 0 Å². The van der Waals surface area contributed by atoms with Gasteiger partial charge in [-0.05, 0) is 36.4 Å². The molecule has 0 radical (unpaired) electrons. The molecule has 0 atom stereocenters. The van der Waals surface area contributed by atoms with Crippen molar-refractivity contribution in [2.24, 2.45) is 0 Å². The van der Waals surface area contributed by atoms with Crippen LogP contribution in [0.4, 0.5) is 0 Å². The monoisotopic (exact) mass is 399 g/mol. The van der Waals surface area contributed by atoms with Gasteiger partial charge in [-0.3, -0.25) is 9.20 Å². The van der Waals surface area contributed by atoms with Gasteiger partial charge in [0.25, 0.3) is 5.56 Å². The molecular weight excluding hydrogens is 382 g/mol. The number of hydrogen-bond donors (Lipinski definition) is 0. The summed E-state index contributed by atoms with van der Waals surface area (Å²) in [6, 6.07) is 10.8. The number of methoxy groups -OCH3 is 1. The van der Waals surface area contributed by atoms with Crippen molar-refractivity contribution in [2.45, 2.75) is 17.9 Å². The van der Waals surface area contributed by atoms with E-state index in [0.717, 1.165) is 0 Å². The van der Waals surface area contributed by atoms with E-state index < -0.39 is 16.0 Å². The number of pyridine rings is 1. The minimum Gasteiger partial charge on any atom is -0.465 e. The molecule has 9 heteroatoms. The molecule has 0 saturated carbocycles. The van der Waals surface area contributed by atoms with Gasteiger partial charge in [0.2, 0.25) is 10.0 Å². The zero-order valence-corrected chi connectivity index (χ0v) is 15.8. The smallest absolute Gasteiger partial charge is 0.337 e. The molecule has 144 valence electrons. The highest BCUT2D eigenvalue weighted by molar-refractivity contribution is 7.89. The standard InChI is InChI=1S/C19H17N3O5S/c1-27-19(24)13-5-7-14(8-6-13)28(25,26)21-11-9-16-15(12-21)18(23)22-10-3-2-4-17(22)20-16/h2-8,10H,9,11-12H2,1H3. The number of fused-ring (bicyclic) bond motifs is 2. The van der Waals surface area contributed by atoms with Crippen molar-refractivity contribution in [3.8, 4) is 0 Å². The zero-order valence-electron chi connectivity index (χ0n) is 15.0. The number of carbonyl (C=O) groups excluding carboxylic acids is 1. The summed E-state index contributed by atoms with van der Waals surface area (Å²) in [5.74, 6) is -0.540. The van der Waals surface area contributed by atoms with E-state index in [1.807, 2.05) is 0 Å². The first-order chi connectivity index (χ1) is 13.4. The van der Waals surface area contributed by atoms with Crippen molar-refractivity contribution >= 4 is 21.6 Å². The molecule has 0 fully saturated rings. The van der Waals surface area contributed by atoms with Crippen molar-refractivity contribution in [3.05, 3.63) is 75.8 Å². The molecule has 0 aliphatic carbocycles. The number of nitrogens with zero attached hydrogens (tertiary/aromatic N) is 3. The highest BCUT2D eigenvalue weighted by atomic mass is 32.2. The Labute approximate surface area is 161 Å². The maximum Gasteiger partial charge on any atom is 0.337 e. The van der Waals surface area contributed by atoms with Gasteiger partial charge in [-0.1, -0.05) is 6.07 Å². The Hall–Kier alpha value is -3.04. The molecule has 0 saturated heterocycles. The fourth-order valence-electron chi connectivity index (χ4n) is 3.26. The molecule has 3 heterocycles. The summed E-state index contributed by atoms with van der Waals surface area (Å²) < 4.78 is 33.3. The van der Waals surface area contributed by atoms with Crippen molar-refractivity contribution in [1.82, 2.24) is 13.7 Å². The van der Waals surface area contributed by atoms with Crippen molar-refractivity contribution in [3.63, 3.8) is 0 Å². The first kappa shape index (κ1) is 18.3. The van der Waals surface area contributed by atoms with Crippen LogP contribution in [-0.4, -0.2) is 41.7 Å². The van der Waals surface area contributed by atoms with Gasteiger partial charge in [0, 0.05) is 25.7 Å². The topological polar surface area (TPSA) is 98.1 Å². The summed E-state index contributed by atoms with van der Waals surface area (Å²) in [6.07, 6.45) is 1.97. The number of carbonyl (C=O) groups is 1. The Kier molecular flexibility index (Phi) is 4.48. The summed E-state index contributed by atoms with van der Waals surface area (Å²) in [7, 11) is -2.56. The fourth-order valence-corrected chi connectivity index (χ4v) is 4.67. The predicted octanol–water partition coefficient (Wildman–Crippen LogP) is 1.23. The molecule has 1 aliphatic heterocycles. The fraction of sp³-hybridized carbons (Fsp3) is 0.211. The summed E-state index contributed by atoms with van der Waals surface area (Å²) in [5, 5.41) is 0. The third kappa shape index (κ3) is 2.98. The third-order valence-corrected chi connectivity index (χ3v) is 6.62. The van der Waals surface area contributed by atoms with Crippen LogP contribution in [0, 0.1) is 0 Å². The number of aromatic nitrogens is 2. The van der Waals surface area contributed by atoms with Gasteiger partial charge in [-0.2, -0.15) is 4.31 Å². The van der Waals surface area contributed by atoms with Gasteiger partial charge >= 0.3 is 5.97 Å². The molecule has 3 aromatic rings. The van der Waals surface area contributed by atoms with E-state index >= 15 is 0 Å². The lowest BCUT2D eigenvalue weighted by atomic mass is 10.1. The van der Waals surface area contributed by atoms with E-state index in [1.165, 1.54) is 40.1 Å². The number of benzene rings is 1. The van der Waals surface area contributed by atoms with Gasteiger partial charge < -0.3 is 4.74 Å². The van der Waals surface area contributed by atoms with E-state index in [2.05, 4.69) is 9.72 Å². The van der Waals surface area contributed by atoms with E-state index in [4.69, 9.17) is 0 Å². The minimum atomic E-state index is -3.82. The van der Waals surface area contributed by atoms with Crippen LogP contribution in [0.2, 0.25) is 0 Å². The first-order valence-electron chi connectivity index (χ1n) is 8.59. The van der Waals surface area contributed by atoms with Crippen LogP contribution in [0.25, 0.3) is 5.65 Å². The molecule has 4 rings (SSSR count). The van der Waals surface area contributed by atoms with Gasteiger partial charge in [0.15, 0.2) is 0 Å². The molecule has 0 N–H and O–H groups in total. The largest absolute Gasteiger partial charge is 0.465 e. The minimum absolute atomic E-state index is 0.0416. The normalized spacial score (nSPS) is 14.6. The molecule has 0 unspecified atom stereocenters. The second kappa shape index (κ2) is 6.84. The molecule has 8 nitrogen and oxygen atoms in total. The van der Waals surface area contributed by atoms with Crippen LogP contribution in [0.3, 0.4) is 0 Å². The molecule has 2 aromatic heterocycles. The number of hydrogen-bond acceptors (Lipinski definition) is 6. The lowest BCUT2D eigenvalue weighted by Gasteiger charge is -2.27. The van der Waals surface area contributed by atoms with Crippen LogP contribution in [0.1, 0.15) is 21.6 Å². The van der Waals surface area contributed by atoms with Gasteiger partial charge in [0.05, 0.1) is 28.8 Å². The van der Waals surface area contributed by atoms with E-state index in [1.54, 1.807) is 24.4 Å². The highest BCUT2D eigenvalue weighted by Gasteiger charge is 2.31. The number of sulfonamides is 1. The highest BCUT2D eigenvalue weighted by Crippen LogP contribution is 2.23. The third-order valence-electron chi connectivity index (χ3n) is 4.76. The molecule has 0 amide bonds. The average Bonchev–Trinajstić information content (AvgIpc) is 2.73. The molecule has 0 bridgehead atoms. The summed E-state index contributed by atoms with van der Waals surface area (Å²) in [4.78, 5) is 28.9. The Morgan fingerprint density at radius 1 is 1.14 bits per heavy atom. The lowest BCUT2D eigenvalue weighted by Crippen LogP contribution is -2.40. The van der Waals surface area contributed by atoms with Gasteiger partial charge in [-0.25, -0.2) is 18.2 Å². The Morgan fingerprint density at radius 2 is 1.89 bits per heavy atom. The van der Waals surface area contributed by atoms with Gasteiger partial charge in [-0.15, -0.1) is 0 Å². The number of esters is 1. The Morgan fingerprint density at radius 3 is 2.61 bits per heavy atom. The Balaban J connectivity index is 1.69. The molecule has 1 aromatic carbocycles. The second-order valence-electron chi connectivity index (χ2n) is 6.38. The van der Waals surface area contributed by atoms with Crippen LogP contribution in [0.5, 0.6) is 0 Å². The number of rotatable bonds is 3. The molecule has 1 aliphatic rings. The van der Waals surface area contributed by atoms with Crippen molar-refractivity contribution < 1.29 is 17.9 Å². The molecular formula is C19H17N3O5S. The molecule has 28 heavy (non-hydrogen) atoms. The SMILES string of the molecule is COC(=O)c1ccc(S(=O)(=O)N2CCc3nc4ccccn4c(=O)c3C2)cc1. The van der Waals surface area contributed by atoms with Crippen LogP contribution in [-0.2, 0) is 27.7 Å². The maximum absolute atomic E-state index is 13.0. The van der Waals surface area contributed by atoms with E-state index in [0.29, 0.717) is 23.3 Å². The lowest BCUT2D eigenvalue weighted by molar-refractivity contribution is 0.0600. The summed E-state index contributed by atoms with van der Waals surface area (Å²) >= 11 is 0. The second-order valence-corrected chi connectivity index (χ2v) is 8.31. The summed E-state index contributed by atoms with van der Waals surface area (Å²) in [5.41, 5.74) is 1.55. The van der Waals surface area contributed by atoms with Crippen molar-refractivity contribution in [2.75, 3.05) is 13.7 Å². The zero-order chi connectivity index (χ0) is 19.9. The number of ether oxygens (including phenoxy) is 1. The van der Waals surface area contributed by atoms with E-state index in [-0.39, 0.29) is 29.1 Å². The predicted molar refractivity (Wildman–Crippen MR) is 101 cm³/mol. The van der Waals surface area contributed by atoms with E-state index in [9.17, 15) is 18.0 Å². The first-order valence-corrected chi connectivity index (χ1v) is 10.0. The quantitative estimate of drug-likeness (QED) is 0.615.